The normalized spacial score (nSPS) is 10.0. The predicted octanol–water partition coefficient (Wildman–Crippen LogP) is 3.23. The minimum atomic E-state index is -0.366. The average Bonchev–Trinajstić information content (AvgIpc) is 2.53. The maximum atomic E-state index is 13.1. The van der Waals surface area contributed by atoms with Crippen LogP contribution in [0.2, 0.25) is 0 Å². The molecule has 0 amide bonds. The molecule has 0 aromatic heterocycles. The van der Waals surface area contributed by atoms with Crippen LogP contribution in [0.3, 0.4) is 0 Å². The molecule has 0 atom stereocenters. The Morgan fingerprint density at radius 3 is 2.48 bits per heavy atom. The second-order valence-electron chi connectivity index (χ2n) is 4.39. The topological polar surface area (TPSA) is 47.6 Å². The van der Waals surface area contributed by atoms with Gasteiger partial charge in [-0.2, -0.15) is 0 Å². The van der Waals surface area contributed by atoms with Gasteiger partial charge in [-0.25, -0.2) is 9.18 Å². The molecule has 2 rings (SSSR count). The Hall–Kier alpha value is -2.56. The Morgan fingerprint density at radius 1 is 1.14 bits per heavy atom. The quantitative estimate of drug-likeness (QED) is 0.858. The summed E-state index contributed by atoms with van der Waals surface area (Å²) in [6.07, 6.45) is 0. The highest BCUT2D eigenvalue weighted by molar-refractivity contribution is 5.89. The lowest BCUT2D eigenvalue weighted by molar-refractivity contribution is 0.0600. The van der Waals surface area contributed by atoms with E-state index in [1.54, 1.807) is 18.2 Å². The Balaban J connectivity index is 2.05. The Bertz CT molecular complexity index is 626. The number of nitrogens with one attached hydrogen (secondary N) is 1. The van der Waals surface area contributed by atoms with Gasteiger partial charge in [0.15, 0.2) is 0 Å². The summed E-state index contributed by atoms with van der Waals surface area (Å²) in [5.74, 6) is -0.268. The number of hydrogen-bond acceptors (Lipinski definition) is 4. The van der Waals surface area contributed by atoms with Gasteiger partial charge in [-0.3, -0.25) is 0 Å². The zero-order valence-electron chi connectivity index (χ0n) is 11.9. The standard InChI is InChI=1S/C16H16FNO3/c1-20-15-9-13(17)7-8-14(15)18-10-11-3-5-12(6-4-11)16(19)21-2/h3-9,18H,10H2,1-2H3. The Labute approximate surface area is 122 Å². The summed E-state index contributed by atoms with van der Waals surface area (Å²) in [5.41, 5.74) is 2.19. The molecule has 0 saturated heterocycles. The monoisotopic (exact) mass is 289 g/mol. The largest absolute Gasteiger partial charge is 0.494 e. The fourth-order valence-electron chi connectivity index (χ4n) is 1.88. The van der Waals surface area contributed by atoms with E-state index in [0.29, 0.717) is 23.5 Å². The third kappa shape index (κ3) is 3.72. The molecule has 0 aliphatic heterocycles. The van der Waals surface area contributed by atoms with Crippen LogP contribution in [0.5, 0.6) is 5.75 Å². The highest BCUT2D eigenvalue weighted by Gasteiger charge is 2.06. The average molecular weight is 289 g/mol. The van der Waals surface area contributed by atoms with Crippen molar-refractivity contribution in [1.82, 2.24) is 0 Å². The van der Waals surface area contributed by atoms with E-state index < -0.39 is 0 Å². The molecule has 0 spiro atoms. The van der Waals surface area contributed by atoms with E-state index in [1.807, 2.05) is 12.1 Å². The molecule has 1 N–H and O–H groups in total. The number of methoxy groups -OCH3 is 2. The summed E-state index contributed by atoms with van der Waals surface area (Å²) < 4.78 is 22.9. The number of halogens is 1. The Morgan fingerprint density at radius 2 is 1.86 bits per heavy atom. The predicted molar refractivity (Wildman–Crippen MR) is 78.1 cm³/mol. The molecule has 0 aliphatic carbocycles. The lowest BCUT2D eigenvalue weighted by Gasteiger charge is -2.11. The molecule has 0 unspecified atom stereocenters. The van der Waals surface area contributed by atoms with Gasteiger partial charge in [0.05, 0.1) is 25.5 Å². The van der Waals surface area contributed by atoms with Gasteiger partial charge in [0, 0.05) is 12.6 Å². The van der Waals surface area contributed by atoms with Gasteiger partial charge < -0.3 is 14.8 Å². The summed E-state index contributed by atoms with van der Waals surface area (Å²) in [7, 11) is 2.84. The van der Waals surface area contributed by atoms with E-state index in [0.717, 1.165) is 5.56 Å². The Kier molecular flexibility index (Phi) is 4.77. The third-order valence-electron chi connectivity index (χ3n) is 3.02. The fraction of sp³-hybridized carbons (Fsp3) is 0.188. The molecule has 5 heteroatoms. The summed E-state index contributed by atoms with van der Waals surface area (Å²) in [5, 5.41) is 3.16. The van der Waals surface area contributed by atoms with Gasteiger partial charge in [-0.1, -0.05) is 12.1 Å². The first-order valence-electron chi connectivity index (χ1n) is 6.38. The van der Waals surface area contributed by atoms with Crippen molar-refractivity contribution in [3.8, 4) is 5.75 Å². The minimum Gasteiger partial charge on any atom is -0.494 e. The van der Waals surface area contributed by atoms with Crippen LogP contribution >= 0.6 is 0 Å². The van der Waals surface area contributed by atoms with Crippen LogP contribution in [0.15, 0.2) is 42.5 Å². The number of rotatable bonds is 5. The van der Waals surface area contributed by atoms with Gasteiger partial charge in [-0.15, -0.1) is 0 Å². The third-order valence-corrected chi connectivity index (χ3v) is 3.02. The molecule has 2 aromatic rings. The first-order valence-corrected chi connectivity index (χ1v) is 6.38. The number of hydrogen-bond donors (Lipinski definition) is 1. The van der Waals surface area contributed by atoms with Crippen LogP contribution in [-0.2, 0) is 11.3 Å². The van der Waals surface area contributed by atoms with Crippen molar-refractivity contribution in [3.63, 3.8) is 0 Å². The van der Waals surface area contributed by atoms with E-state index in [9.17, 15) is 9.18 Å². The van der Waals surface area contributed by atoms with Gasteiger partial charge in [0.1, 0.15) is 11.6 Å². The first kappa shape index (κ1) is 14.8. The van der Waals surface area contributed by atoms with E-state index in [2.05, 4.69) is 10.1 Å². The molecular formula is C16H16FNO3. The van der Waals surface area contributed by atoms with Gasteiger partial charge >= 0.3 is 5.97 Å². The van der Waals surface area contributed by atoms with Crippen molar-refractivity contribution in [2.45, 2.75) is 6.54 Å². The highest BCUT2D eigenvalue weighted by atomic mass is 19.1. The molecule has 110 valence electrons. The smallest absolute Gasteiger partial charge is 0.337 e. The molecule has 0 aliphatic rings. The number of anilines is 1. The molecule has 2 aromatic carbocycles. The van der Waals surface area contributed by atoms with E-state index in [-0.39, 0.29) is 11.8 Å². The van der Waals surface area contributed by atoms with Crippen LogP contribution in [0.1, 0.15) is 15.9 Å². The molecule has 0 heterocycles. The van der Waals surface area contributed by atoms with Crippen molar-refractivity contribution in [2.24, 2.45) is 0 Å². The van der Waals surface area contributed by atoms with Crippen molar-refractivity contribution < 1.29 is 18.7 Å². The lowest BCUT2D eigenvalue weighted by atomic mass is 10.1. The van der Waals surface area contributed by atoms with Crippen LogP contribution in [0.4, 0.5) is 10.1 Å². The zero-order valence-corrected chi connectivity index (χ0v) is 11.9. The molecule has 0 fully saturated rings. The van der Waals surface area contributed by atoms with Crippen LogP contribution in [-0.4, -0.2) is 20.2 Å². The van der Waals surface area contributed by atoms with Gasteiger partial charge in [-0.05, 0) is 29.8 Å². The van der Waals surface area contributed by atoms with Crippen molar-refractivity contribution >= 4 is 11.7 Å². The van der Waals surface area contributed by atoms with Crippen LogP contribution in [0, 0.1) is 5.82 Å². The molecule has 0 saturated carbocycles. The summed E-state index contributed by atoms with van der Waals surface area (Å²) in [6, 6.07) is 11.4. The molecule has 0 bridgehead atoms. The van der Waals surface area contributed by atoms with Crippen molar-refractivity contribution in [2.75, 3.05) is 19.5 Å². The van der Waals surface area contributed by atoms with Gasteiger partial charge in [0.2, 0.25) is 0 Å². The van der Waals surface area contributed by atoms with Crippen molar-refractivity contribution in [1.29, 1.82) is 0 Å². The second-order valence-corrected chi connectivity index (χ2v) is 4.39. The lowest BCUT2D eigenvalue weighted by Crippen LogP contribution is -2.04. The SMILES string of the molecule is COC(=O)c1ccc(CNc2ccc(F)cc2OC)cc1. The van der Waals surface area contributed by atoms with Gasteiger partial charge in [0.25, 0.3) is 0 Å². The molecule has 21 heavy (non-hydrogen) atoms. The molecular weight excluding hydrogens is 273 g/mol. The van der Waals surface area contributed by atoms with Crippen LogP contribution in [0.25, 0.3) is 0 Å². The maximum absolute atomic E-state index is 13.1. The zero-order chi connectivity index (χ0) is 15.2. The van der Waals surface area contributed by atoms with Crippen molar-refractivity contribution in [3.05, 3.63) is 59.4 Å². The second kappa shape index (κ2) is 6.74. The first-order chi connectivity index (χ1) is 10.1. The van der Waals surface area contributed by atoms with E-state index in [4.69, 9.17) is 4.74 Å². The number of carbonyl (C=O) groups is 1. The minimum absolute atomic E-state index is 0.347. The molecule has 0 radical (unpaired) electrons. The summed E-state index contributed by atoms with van der Waals surface area (Å²) in [6.45, 7) is 0.531. The van der Waals surface area contributed by atoms with E-state index >= 15 is 0 Å². The molecule has 4 nitrogen and oxygen atoms in total. The maximum Gasteiger partial charge on any atom is 0.337 e. The number of ether oxygens (including phenoxy) is 2. The number of carbonyl (C=O) groups excluding carboxylic acids is 1. The summed E-state index contributed by atoms with van der Waals surface area (Å²) >= 11 is 0. The highest BCUT2D eigenvalue weighted by Crippen LogP contribution is 2.25. The van der Waals surface area contributed by atoms with Crippen LogP contribution < -0.4 is 10.1 Å². The van der Waals surface area contributed by atoms with E-state index in [1.165, 1.54) is 26.4 Å². The number of esters is 1. The number of benzene rings is 2. The summed E-state index contributed by atoms with van der Waals surface area (Å²) in [4.78, 5) is 11.3. The fourth-order valence-corrected chi connectivity index (χ4v) is 1.88.